The minimum absolute atomic E-state index is 0.326. The molecule has 0 aliphatic rings. The van der Waals surface area contributed by atoms with E-state index in [4.69, 9.17) is 16.3 Å². The van der Waals surface area contributed by atoms with Crippen molar-refractivity contribution in [3.8, 4) is 5.19 Å². The van der Waals surface area contributed by atoms with E-state index in [1.165, 1.54) is 6.20 Å². The van der Waals surface area contributed by atoms with Crippen LogP contribution in [0.15, 0.2) is 52.9 Å². The molecule has 0 aliphatic carbocycles. The Kier molecular flexibility index (Phi) is 10.6. The maximum Gasteiger partial charge on any atom is 0.296 e. The van der Waals surface area contributed by atoms with Gasteiger partial charge in [-0.05, 0) is 49.6 Å². The lowest BCUT2D eigenvalue weighted by Crippen LogP contribution is -2.26. The average molecular weight is 436 g/mol. The van der Waals surface area contributed by atoms with Crippen LogP contribution in [0.4, 0.5) is 5.13 Å². The highest BCUT2D eigenvalue weighted by Crippen LogP contribution is 2.24. The lowest BCUT2D eigenvalue weighted by molar-refractivity contribution is -0.114. The largest absolute Gasteiger partial charge is 0.464 e. The number of nitrogens with zero attached hydrogens (tertiary/aromatic N) is 4. The molecule has 29 heavy (non-hydrogen) atoms. The standard InChI is InChI=1S/C18H20ClN5O2S.C2H6/c1-5-12(2)24(4)15(10-20-3)16(25)21-17-22-23-18(27-17)26-11-13-6-8-14(19)9-7-13;1-2/h5-10H,3,11H2,1-2,4H3,(H,21,22,25);1-2H3/b12-5+,15-10-;. The number of benzene rings is 1. The van der Waals surface area contributed by atoms with Gasteiger partial charge in [0, 0.05) is 17.8 Å². The van der Waals surface area contributed by atoms with E-state index in [0.717, 1.165) is 22.6 Å². The number of hydrogen-bond acceptors (Lipinski definition) is 7. The van der Waals surface area contributed by atoms with E-state index < -0.39 is 0 Å². The van der Waals surface area contributed by atoms with Crippen molar-refractivity contribution >= 4 is 40.7 Å². The van der Waals surface area contributed by atoms with Crippen molar-refractivity contribution < 1.29 is 9.53 Å². The third-order valence-corrected chi connectivity index (χ3v) is 4.66. The number of likely N-dealkylation sites (N-methyl/N-ethyl adjacent to an activating group) is 1. The van der Waals surface area contributed by atoms with Gasteiger partial charge in [-0.3, -0.25) is 15.1 Å². The van der Waals surface area contributed by atoms with Crippen molar-refractivity contribution in [3.63, 3.8) is 0 Å². The highest BCUT2D eigenvalue weighted by molar-refractivity contribution is 7.17. The van der Waals surface area contributed by atoms with Gasteiger partial charge in [0.15, 0.2) is 0 Å². The van der Waals surface area contributed by atoms with Gasteiger partial charge in [-0.25, -0.2) is 0 Å². The summed E-state index contributed by atoms with van der Waals surface area (Å²) in [6.45, 7) is 11.5. The van der Waals surface area contributed by atoms with Gasteiger partial charge < -0.3 is 9.64 Å². The molecule has 2 aromatic rings. The third kappa shape index (κ3) is 7.67. The molecule has 0 aliphatic heterocycles. The zero-order chi connectivity index (χ0) is 21.8. The normalized spacial score (nSPS) is 11.2. The first kappa shape index (κ1) is 24.3. The van der Waals surface area contributed by atoms with Crippen LogP contribution >= 0.6 is 22.9 Å². The van der Waals surface area contributed by atoms with E-state index in [1.54, 1.807) is 24.1 Å². The first-order valence-electron chi connectivity index (χ1n) is 8.99. The predicted molar refractivity (Wildman–Crippen MR) is 120 cm³/mol. The molecule has 0 saturated heterocycles. The molecule has 1 heterocycles. The first-order valence-corrected chi connectivity index (χ1v) is 10.2. The van der Waals surface area contributed by atoms with Crippen LogP contribution in [0.2, 0.25) is 5.02 Å². The molecule has 7 nitrogen and oxygen atoms in total. The zero-order valence-corrected chi connectivity index (χ0v) is 18.8. The highest BCUT2D eigenvalue weighted by Gasteiger charge is 2.17. The zero-order valence-electron chi connectivity index (χ0n) is 17.3. The Morgan fingerprint density at radius 2 is 2.00 bits per heavy atom. The van der Waals surface area contributed by atoms with E-state index >= 15 is 0 Å². The van der Waals surface area contributed by atoms with Gasteiger partial charge in [-0.15, -0.1) is 5.10 Å². The summed E-state index contributed by atoms with van der Waals surface area (Å²) < 4.78 is 5.59. The van der Waals surface area contributed by atoms with Crippen molar-refractivity contribution in [2.45, 2.75) is 34.3 Å². The summed E-state index contributed by atoms with van der Waals surface area (Å²) in [5.41, 5.74) is 2.18. The number of halogens is 1. The van der Waals surface area contributed by atoms with Crippen molar-refractivity contribution in [1.29, 1.82) is 0 Å². The summed E-state index contributed by atoms with van der Waals surface area (Å²) in [7, 11) is 1.77. The number of anilines is 1. The maximum atomic E-state index is 12.5. The lowest BCUT2D eigenvalue weighted by atomic mass is 10.2. The molecule has 9 heteroatoms. The van der Waals surface area contributed by atoms with Crippen LogP contribution in [-0.4, -0.2) is 34.8 Å². The number of amides is 1. The van der Waals surface area contributed by atoms with E-state index in [2.05, 4.69) is 27.2 Å². The molecule has 2 rings (SSSR count). The van der Waals surface area contributed by atoms with Crippen molar-refractivity contribution in [2.24, 2.45) is 4.99 Å². The summed E-state index contributed by atoms with van der Waals surface area (Å²) >= 11 is 6.99. The van der Waals surface area contributed by atoms with E-state index in [9.17, 15) is 4.79 Å². The Hall–Kier alpha value is -2.71. The monoisotopic (exact) mass is 435 g/mol. The Morgan fingerprint density at radius 3 is 2.59 bits per heavy atom. The number of ether oxygens (including phenoxy) is 1. The third-order valence-electron chi connectivity index (χ3n) is 3.66. The molecule has 1 N–H and O–H groups in total. The highest BCUT2D eigenvalue weighted by atomic mass is 35.5. The molecule has 156 valence electrons. The molecule has 1 amide bonds. The number of rotatable bonds is 8. The Balaban J connectivity index is 0.00000204. The quantitative estimate of drug-likeness (QED) is 0.459. The van der Waals surface area contributed by atoms with Crippen molar-refractivity contribution in [1.82, 2.24) is 15.1 Å². The number of aliphatic imine (C=N–C) groups is 1. The van der Waals surface area contributed by atoms with Gasteiger partial charge in [-0.2, -0.15) is 0 Å². The fraction of sp³-hybridized carbons (Fsp3) is 0.300. The van der Waals surface area contributed by atoms with Crippen LogP contribution in [-0.2, 0) is 11.4 Å². The minimum Gasteiger partial charge on any atom is -0.464 e. The number of allylic oxidation sites excluding steroid dienone is 2. The minimum atomic E-state index is -0.369. The summed E-state index contributed by atoms with van der Waals surface area (Å²) in [5.74, 6) is -0.369. The van der Waals surface area contributed by atoms with Gasteiger partial charge in [0.1, 0.15) is 12.3 Å². The summed E-state index contributed by atoms with van der Waals surface area (Å²) in [4.78, 5) is 17.9. The van der Waals surface area contributed by atoms with Crippen LogP contribution in [0.25, 0.3) is 0 Å². The Morgan fingerprint density at radius 1 is 1.34 bits per heavy atom. The number of hydrogen-bond donors (Lipinski definition) is 1. The SMILES string of the molecule is C=N/C=C(/C(=O)Nc1nnc(OCc2ccc(Cl)cc2)s1)N(C)/C(C)=C/C.CC. The second kappa shape index (κ2) is 12.7. The molecular weight excluding hydrogens is 410 g/mol. The Labute approximate surface area is 180 Å². The lowest BCUT2D eigenvalue weighted by Gasteiger charge is -2.21. The summed E-state index contributed by atoms with van der Waals surface area (Å²) in [6, 6.07) is 7.31. The van der Waals surface area contributed by atoms with Crippen LogP contribution in [0.5, 0.6) is 5.19 Å². The molecule has 0 spiro atoms. The van der Waals surface area contributed by atoms with E-state index in [-0.39, 0.29) is 5.91 Å². The molecule has 1 aromatic heterocycles. The second-order valence-electron chi connectivity index (χ2n) is 5.43. The molecule has 0 bridgehead atoms. The van der Waals surface area contributed by atoms with Crippen molar-refractivity contribution in [3.05, 3.63) is 58.5 Å². The smallest absolute Gasteiger partial charge is 0.296 e. The molecule has 0 saturated carbocycles. The van der Waals surface area contributed by atoms with Crippen LogP contribution in [0.1, 0.15) is 33.3 Å². The first-order chi connectivity index (χ1) is 13.9. The van der Waals surface area contributed by atoms with Gasteiger partial charge >= 0.3 is 0 Å². The van der Waals surface area contributed by atoms with E-state index in [0.29, 0.717) is 27.7 Å². The van der Waals surface area contributed by atoms with E-state index in [1.807, 2.05) is 45.9 Å². The fourth-order valence-corrected chi connectivity index (χ4v) is 2.69. The number of aromatic nitrogens is 2. The topological polar surface area (TPSA) is 79.7 Å². The second-order valence-corrected chi connectivity index (χ2v) is 6.80. The molecule has 0 unspecified atom stereocenters. The molecule has 0 fully saturated rings. The number of nitrogens with one attached hydrogen (secondary N) is 1. The average Bonchev–Trinajstić information content (AvgIpc) is 3.19. The molecule has 1 aromatic carbocycles. The van der Waals surface area contributed by atoms with Crippen LogP contribution in [0.3, 0.4) is 0 Å². The number of carbonyl (C=O) groups is 1. The van der Waals surface area contributed by atoms with Gasteiger partial charge in [0.05, 0.1) is 6.20 Å². The fourth-order valence-electron chi connectivity index (χ4n) is 1.97. The van der Waals surface area contributed by atoms with Crippen LogP contribution in [0, 0.1) is 0 Å². The maximum absolute atomic E-state index is 12.5. The summed E-state index contributed by atoms with van der Waals surface area (Å²) in [5, 5.41) is 11.9. The van der Waals surface area contributed by atoms with Crippen LogP contribution < -0.4 is 10.1 Å². The molecule has 0 radical (unpaired) electrons. The summed E-state index contributed by atoms with van der Waals surface area (Å²) in [6.07, 6.45) is 3.28. The van der Waals surface area contributed by atoms with Gasteiger partial charge in [0.25, 0.3) is 11.1 Å². The predicted octanol–water partition coefficient (Wildman–Crippen LogP) is 5.13. The number of carbonyl (C=O) groups excluding carboxylic acids is 1. The van der Waals surface area contributed by atoms with Gasteiger partial charge in [-0.1, -0.05) is 48.8 Å². The molecule has 0 atom stereocenters. The Bertz CT molecular complexity index is 862. The van der Waals surface area contributed by atoms with Gasteiger partial charge in [0.2, 0.25) is 5.13 Å². The molecular formula is C20H26ClN5O2S. The van der Waals surface area contributed by atoms with Crippen molar-refractivity contribution in [2.75, 3.05) is 12.4 Å².